The van der Waals surface area contributed by atoms with Crippen LogP contribution in [0.5, 0.6) is 5.75 Å². The van der Waals surface area contributed by atoms with Crippen molar-refractivity contribution in [3.63, 3.8) is 0 Å². The molecule has 0 aliphatic heterocycles. The number of halogens is 1. The number of methoxy groups -OCH3 is 1. The summed E-state index contributed by atoms with van der Waals surface area (Å²) in [4.78, 5) is 17.6. The minimum Gasteiger partial charge on any atom is -0.497 e. The number of nitrogens with zero attached hydrogens (tertiary/aromatic N) is 2. The van der Waals surface area contributed by atoms with Gasteiger partial charge in [-0.05, 0) is 30.3 Å². The van der Waals surface area contributed by atoms with E-state index >= 15 is 0 Å². The maximum absolute atomic E-state index is 12.9. The Bertz CT molecular complexity index is 1050. The Morgan fingerprint density at radius 2 is 2.09 bits per heavy atom. The Morgan fingerprint density at radius 3 is 2.91 bits per heavy atom. The van der Waals surface area contributed by atoms with Crippen LogP contribution in [0, 0.1) is 0 Å². The van der Waals surface area contributed by atoms with E-state index in [1.165, 1.54) is 22.2 Å². The SMILES string of the molecule is COc1ccc2c(Cl)c(C(=O)n3cnc4ccccc43)sc2c1. The average molecular weight is 343 g/mol. The molecule has 4 nitrogen and oxygen atoms in total. The molecule has 0 atom stereocenters. The number of carbonyl (C=O) groups is 1. The van der Waals surface area contributed by atoms with Crippen molar-refractivity contribution in [3.05, 3.63) is 58.7 Å². The van der Waals surface area contributed by atoms with E-state index in [9.17, 15) is 4.79 Å². The number of benzene rings is 2. The van der Waals surface area contributed by atoms with Gasteiger partial charge in [-0.1, -0.05) is 23.7 Å². The molecule has 114 valence electrons. The fourth-order valence-electron chi connectivity index (χ4n) is 2.54. The van der Waals surface area contributed by atoms with Crippen LogP contribution in [0.25, 0.3) is 21.1 Å². The summed E-state index contributed by atoms with van der Waals surface area (Å²) in [6.45, 7) is 0. The Kier molecular flexibility index (Phi) is 3.32. The zero-order valence-electron chi connectivity index (χ0n) is 12.1. The number of fused-ring (bicyclic) bond motifs is 2. The number of rotatable bonds is 2. The second-order valence-electron chi connectivity index (χ2n) is 5.02. The number of hydrogen-bond donors (Lipinski definition) is 0. The average Bonchev–Trinajstić information content (AvgIpc) is 3.15. The predicted octanol–water partition coefficient (Wildman–Crippen LogP) is 4.60. The van der Waals surface area contributed by atoms with Crippen LogP contribution < -0.4 is 4.74 Å². The van der Waals surface area contributed by atoms with Crippen molar-refractivity contribution in [2.24, 2.45) is 0 Å². The smallest absolute Gasteiger partial charge is 0.275 e. The fourth-order valence-corrected chi connectivity index (χ4v) is 4.02. The number of thiophene rings is 1. The Balaban J connectivity index is 1.88. The number of imidazole rings is 1. The van der Waals surface area contributed by atoms with Gasteiger partial charge in [-0.15, -0.1) is 11.3 Å². The van der Waals surface area contributed by atoms with E-state index < -0.39 is 0 Å². The molecule has 6 heteroatoms. The highest BCUT2D eigenvalue weighted by Crippen LogP contribution is 2.38. The molecule has 0 aliphatic rings. The lowest BCUT2D eigenvalue weighted by Gasteiger charge is -2.01. The zero-order valence-corrected chi connectivity index (χ0v) is 13.7. The van der Waals surface area contributed by atoms with Crippen molar-refractivity contribution < 1.29 is 9.53 Å². The van der Waals surface area contributed by atoms with Crippen LogP contribution in [0.3, 0.4) is 0 Å². The monoisotopic (exact) mass is 342 g/mol. The first-order chi connectivity index (χ1) is 11.2. The third-order valence-electron chi connectivity index (χ3n) is 3.70. The van der Waals surface area contributed by atoms with Crippen LogP contribution in [0.2, 0.25) is 5.02 Å². The molecule has 4 rings (SSSR count). The fraction of sp³-hybridized carbons (Fsp3) is 0.0588. The van der Waals surface area contributed by atoms with Crippen LogP contribution in [0.15, 0.2) is 48.8 Å². The van der Waals surface area contributed by atoms with E-state index in [0.717, 1.165) is 26.9 Å². The van der Waals surface area contributed by atoms with Gasteiger partial charge < -0.3 is 4.74 Å². The number of para-hydroxylation sites is 2. The number of ether oxygens (including phenoxy) is 1. The molecule has 0 radical (unpaired) electrons. The van der Waals surface area contributed by atoms with E-state index in [1.54, 1.807) is 7.11 Å². The summed E-state index contributed by atoms with van der Waals surface area (Å²) in [6.07, 6.45) is 1.54. The van der Waals surface area contributed by atoms with Crippen molar-refractivity contribution in [2.45, 2.75) is 0 Å². The Labute approximate surface area is 140 Å². The summed E-state index contributed by atoms with van der Waals surface area (Å²) in [5.41, 5.74) is 1.54. The van der Waals surface area contributed by atoms with Gasteiger partial charge in [0.25, 0.3) is 5.91 Å². The second-order valence-corrected chi connectivity index (χ2v) is 6.45. The third kappa shape index (κ3) is 2.20. The molecule has 2 aromatic carbocycles. The van der Waals surface area contributed by atoms with Gasteiger partial charge in [-0.2, -0.15) is 0 Å². The van der Waals surface area contributed by atoms with Gasteiger partial charge in [0.05, 0.1) is 23.2 Å². The highest BCUT2D eigenvalue weighted by atomic mass is 35.5. The first kappa shape index (κ1) is 14.2. The number of aromatic nitrogens is 2. The highest BCUT2D eigenvalue weighted by molar-refractivity contribution is 7.21. The molecule has 23 heavy (non-hydrogen) atoms. The van der Waals surface area contributed by atoms with Gasteiger partial charge in [0, 0.05) is 10.1 Å². The van der Waals surface area contributed by atoms with Crippen molar-refractivity contribution >= 4 is 50.0 Å². The largest absolute Gasteiger partial charge is 0.497 e. The van der Waals surface area contributed by atoms with Gasteiger partial charge in [0.1, 0.15) is 17.0 Å². The lowest BCUT2D eigenvalue weighted by atomic mass is 10.2. The summed E-state index contributed by atoms with van der Waals surface area (Å²) < 4.78 is 7.67. The van der Waals surface area contributed by atoms with E-state index in [2.05, 4.69) is 4.98 Å². The summed E-state index contributed by atoms with van der Waals surface area (Å²) in [7, 11) is 1.61. The van der Waals surface area contributed by atoms with Crippen LogP contribution >= 0.6 is 22.9 Å². The second kappa shape index (κ2) is 5.37. The van der Waals surface area contributed by atoms with Gasteiger partial charge >= 0.3 is 0 Å². The first-order valence-electron chi connectivity index (χ1n) is 6.92. The Hall–Kier alpha value is -2.37. The molecule has 4 aromatic rings. The highest BCUT2D eigenvalue weighted by Gasteiger charge is 2.20. The molecule has 0 saturated heterocycles. The van der Waals surface area contributed by atoms with Crippen LogP contribution in [0.4, 0.5) is 0 Å². The molecule has 0 unspecified atom stereocenters. The molecule has 0 aliphatic carbocycles. The lowest BCUT2D eigenvalue weighted by Crippen LogP contribution is -2.09. The summed E-state index contributed by atoms with van der Waals surface area (Å²) >= 11 is 7.79. The maximum Gasteiger partial charge on any atom is 0.275 e. The van der Waals surface area contributed by atoms with Gasteiger partial charge in [0.2, 0.25) is 0 Å². The molecule has 0 amide bonds. The molecule has 0 N–H and O–H groups in total. The molecule has 0 fully saturated rings. The van der Waals surface area contributed by atoms with Crippen molar-refractivity contribution in [3.8, 4) is 5.75 Å². The van der Waals surface area contributed by atoms with E-state index in [1.807, 2.05) is 42.5 Å². The molecule has 2 heterocycles. The minimum absolute atomic E-state index is 0.177. The summed E-state index contributed by atoms with van der Waals surface area (Å²) in [5, 5.41) is 1.32. The molecular weight excluding hydrogens is 332 g/mol. The molecular formula is C17H11ClN2O2S. The Morgan fingerprint density at radius 1 is 1.26 bits per heavy atom. The molecule has 0 spiro atoms. The van der Waals surface area contributed by atoms with Crippen LogP contribution in [-0.4, -0.2) is 22.6 Å². The van der Waals surface area contributed by atoms with Crippen molar-refractivity contribution in [1.29, 1.82) is 0 Å². The quantitative estimate of drug-likeness (QED) is 0.534. The number of carbonyl (C=O) groups excluding carboxylic acids is 1. The summed E-state index contributed by atoms with van der Waals surface area (Å²) in [5.74, 6) is 0.561. The van der Waals surface area contributed by atoms with Crippen LogP contribution in [-0.2, 0) is 0 Å². The standard InChI is InChI=1S/C17H11ClN2O2S/c1-22-10-6-7-11-14(8-10)23-16(15(11)18)17(21)20-9-19-12-4-2-3-5-13(12)20/h2-9H,1H3. The number of hydrogen-bond acceptors (Lipinski definition) is 4. The van der Waals surface area contributed by atoms with Gasteiger partial charge in [-0.25, -0.2) is 4.98 Å². The van der Waals surface area contributed by atoms with Gasteiger partial charge in [0.15, 0.2) is 0 Å². The normalized spacial score (nSPS) is 11.2. The van der Waals surface area contributed by atoms with Crippen LogP contribution in [0.1, 0.15) is 9.67 Å². The van der Waals surface area contributed by atoms with Crippen molar-refractivity contribution in [1.82, 2.24) is 9.55 Å². The molecule has 2 aromatic heterocycles. The van der Waals surface area contributed by atoms with Gasteiger partial charge in [-0.3, -0.25) is 9.36 Å². The lowest BCUT2D eigenvalue weighted by molar-refractivity contribution is 0.0968. The van der Waals surface area contributed by atoms with E-state index in [-0.39, 0.29) is 5.91 Å². The zero-order chi connectivity index (χ0) is 16.0. The molecule has 0 saturated carbocycles. The van der Waals surface area contributed by atoms with Crippen molar-refractivity contribution in [2.75, 3.05) is 7.11 Å². The summed E-state index contributed by atoms with van der Waals surface area (Å²) in [6, 6.07) is 13.1. The predicted molar refractivity (Wildman–Crippen MR) is 92.8 cm³/mol. The first-order valence-corrected chi connectivity index (χ1v) is 8.11. The van der Waals surface area contributed by atoms with E-state index in [0.29, 0.717) is 9.90 Å². The van der Waals surface area contributed by atoms with E-state index in [4.69, 9.17) is 16.3 Å². The third-order valence-corrected chi connectivity index (χ3v) is 5.35. The maximum atomic E-state index is 12.9. The minimum atomic E-state index is -0.177. The molecule has 0 bridgehead atoms. The topological polar surface area (TPSA) is 44.1 Å².